The molecular formula is C11H20N2O4S. The molecule has 0 aliphatic carbocycles. The molecule has 1 aliphatic heterocycles. The first-order chi connectivity index (χ1) is 8.41. The summed E-state index contributed by atoms with van der Waals surface area (Å²) in [5.41, 5.74) is 4.66. The first-order valence-corrected chi connectivity index (χ1v) is 7.17. The molecule has 0 aromatic carbocycles. The molecule has 7 heteroatoms. The van der Waals surface area contributed by atoms with Crippen molar-refractivity contribution < 1.29 is 19.4 Å². The largest absolute Gasteiger partial charge is 0.481 e. The summed E-state index contributed by atoms with van der Waals surface area (Å²) >= 11 is 1.62. The van der Waals surface area contributed by atoms with Gasteiger partial charge in [0.05, 0.1) is 25.3 Å². The van der Waals surface area contributed by atoms with E-state index in [9.17, 15) is 9.59 Å². The SMILES string of the molecule is CSCC[C@H](N)C(=O)NC1COCC1(C)C(=O)O. The molecule has 0 aromatic rings. The zero-order chi connectivity index (χ0) is 13.8. The van der Waals surface area contributed by atoms with Crippen LogP contribution in [0.3, 0.4) is 0 Å². The van der Waals surface area contributed by atoms with Crippen LogP contribution in [0.2, 0.25) is 0 Å². The van der Waals surface area contributed by atoms with E-state index < -0.39 is 23.5 Å². The van der Waals surface area contributed by atoms with Crippen LogP contribution in [0, 0.1) is 5.41 Å². The maximum Gasteiger partial charge on any atom is 0.313 e. The van der Waals surface area contributed by atoms with Gasteiger partial charge >= 0.3 is 5.97 Å². The van der Waals surface area contributed by atoms with Gasteiger partial charge in [0.2, 0.25) is 5.91 Å². The fourth-order valence-corrected chi connectivity index (χ4v) is 2.23. The second kappa shape index (κ2) is 6.40. The molecule has 0 saturated carbocycles. The summed E-state index contributed by atoms with van der Waals surface area (Å²) in [5.74, 6) is -0.485. The molecule has 3 atom stereocenters. The molecule has 18 heavy (non-hydrogen) atoms. The molecule has 0 spiro atoms. The smallest absolute Gasteiger partial charge is 0.313 e. The van der Waals surface area contributed by atoms with Gasteiger partial charge in [-0.1, -0.05) is 0 Å². The van der Waals surface area contributed by atoms with Gasteiger partial charge in [-0.3, -0.25) is 9.59 Å². The van der Waals surface area contributed by atoms with Gasteiger partial charge in [-0.05, 0) is 25.4 Å². The molecule has 0 aromatic heterocycles. The van der Waals surface area contributed by atoms with Crippen LogP contribution in [0.25, 0.3) is 0 Å². The van der Waals surface area contributed by atoms with Gasteiger partial charge in [0.1, 0.15) is 5.41 Å². The highest BCUT2D eigenvalue weighted by molar-refractivity contribution is 7.98. The number of nitrogens with one attached hydrogen (secondary N) is 1. The van der Waals surface area contributed by atoms with Gasteiger partial charge in [-0.15, -0.1) is 0 Å². The molecule has 1 heterocycles. The quantitative estimate of drug-likeness (QED) is 0.614. The molecule has 1 rings (SSSR count). The van der Waals surface area contributed by atoms with Crippen LogP contribution in [0.5, 0.6) is 0 Å². The van der Waals surface area contributed by atoms with Crippen LogP contribution in [-0.2, 0) is 14.3 Å². The molecule has 4 N–H and O–H groups in total. The normalized spacial score (nSPS) is 28.9. The van der Waals surface area contributed by atoms with E-state index in [1.54, 1.807) is 18.7 Å². The van der Waals surface area contributed by atoms with Crippen LogP contribution in [-0.4, -0.2) is 54.3 Å². The summed E-state index contributed by atoms with van der Waals surface area (Å²) in [5, 5.41) is 11.9. The van der Waals surface area contributed by atoms with Crippen molar-refractivity contribution in [2.24, 2.45) is 11.1 Å². The van der Waals surface area contributed by atoms with Crippen molar-refractivity contribution in [3.63, 3.8) is 0 Å². The number of carboxylic acids is 1. The monoisotopic (exact) mass is 276 g/mol. The predicted molar refractivity (Wildman–Crippen MR) is 69.5 cm³/mol. The Labute approximate surface area is 111 Å². The Morgan fingerprint density at radius 3 is 2.89 bits per heavy atom. The zero-order valence-corrected chi connectivity index (χ0v) is 11.5. The lowest BCUT2D eigenvalue weighted by Gasteiger charge is -2.26. The van der Waals surface area contributed by atoms with Gasteiger partial charge < -0.3 is 20.9 Å². The van der Waals surface area contributed by atoms with Crippen molar-refractivity contribution >= 4 is 23.6 Å². The number of aliphatic carboxylic acids is 1. The second-order valence-corrected chi connectivity index (χ2v) is 5.67. The van der Waals surface area contributed by atoms with Crippen LogP contribution in [0.15, 0.2) is 0 Å². The number of ether oxygens (including phenoxy) is 1. The number of rotatable bonds is 6. The van der Waals surface area contributed by atoms with E-state index in [1.165, 1.54) is 0 Å². The molecule has 1 fully saturated rings. The maximum atomic E-state index is 11.8. The molecule has 0 radical (unpaired) electrons. The Bertz CT molecular complexity index is 326. The minimum Gasteiger partial charge on any atom is -0.481 e. The maximum absolute atomic E-state index is 11.8. The molecule has 104 valence electrons. The van der Waals surface area contributed by atoms with Crippen molar-refractivity contribution in [2.45, 2.75) is 25.4 Å². The summed E-state index contributed by atoms with van der Waals surface area (Å²) in [4.78, 5) is 23.0. The lowest BCUT2D eigenvalue weighted by molar-refractivity contribution is -0.149. The van der Waals surface area contributed by atoms with E-state index in [1.807, 2.05) is 6.26 Å². The number of amides is 1. The van der Waals surface area contributed by atoms with Gasteiger partial charge in [-0.2, -0.15) is 11.8 Å². The highest BCUT2D eigenvalue weighted by Crippen LogP contribution is 2.28. The minimum atomic E-state index is -1.07. The number of carbonyl (C=O) groups excluding carboxylic acids is 1. The molecule has 2 unspecified atom stereocenters. The van der Waals surface area contributed by atoms with Crippen molar-refractivity contribution in [1.29, 1.82) is 0 Å². The van der Waals surface area contributed by atoms with Crippen LogP contribution >= 0.6 is 11.8 Å². The summed E-state index contributed by atoms with van der Waals surface area (Å²) in [6, 6.07) is -1.13. The van der Waals surface area contributed by atoms with Crippen LogP contribution < -0.4 is 11.1 Å². The summed E-state index contributed by atoms with van der Waals surface area (Å²) in [7, 11) is 0. The highest BCUT2D eigenvalue weighted by Gasteiger charge is 2.47. The Kier molecular flexibility index (Phi) is 5.43. The van der Waals surface area contributed by atoms with Crippen LogP contribution in [0.1, 0.15) is 13.3 Å². The number of hydrogen-bond acceptors (Lipinski definition) is 5. The molecule has 6 nitrogen and oxygen atoms in total. The average molecular weight is 276 g/mol. The lowest BCUT2D eigenvalue weighted by Crippen LogP contribution is -2.53. The fourth-order valence-electron chi connectivity index (χ4n) is 1.74. The zero-order valence-electron chi connectivity index (χ0n) is 10.6. The number of carbonyl (C=O) groups is 2. The Hall–Kier alpha value is -0.790. The number of thioether (sulfide) groups is 1. The topological polar surface area (TPSA) is 102 Å². The van der Waals surface area contributed by atoms with E-state index in [0.717, 1.165) is 5.75 Å². The Morgan fingerprint density at radius 2 is 2.33 bits per heavy atom. The number of carboxylic acid groups (broad SMARTS) is 1. The molecule has 1 amide bonds. The van der Waals surface area contributed by atoms with Crippen molar-refractivity contribution in [1.82, 2.24) is 5.32 Å². The second-order valence-electron chi connectivity index (χ2n) is 4.69. The van der Waals surface area contributed by atoms with Crippen molar-refractivity contribution in [2.75, 3.05) is 25.2 Å². The van der Waals surface area contributed by atoms with E-state index >= 15 is 0 Å². The van der Waals surface area contributed by atoms with E-state index in [-0.39, 0.29) is 19.1 Å². The van der Waals surface area contributed by atoms with Crippen LogP contribution in [0.4, 0.5) is 0 Å². The number of hydrogen-bond donors (Lipinski definition) is 3. The summed E-state index contributed by atoms with van der Waals surface area (Å²) in [6.07, 6.45) is 2.52. The first-order valence-electron chi connectivity index (χ1n) is 5.78. The molecule has 1 saturated heterocycles. The van der Waals surface area contributed by atoms with Crippen molar-refractivity contribution in [3.05, 3.63) is 0 Å². The summed E-state index contributed by atoms with van der Waals surface area (Å²) < 4.78 is 5.16. The average Bonchev–Trinajstić information content (AvgIpc) is 2.69. The van der Waals surface area contributed by atoms with E-state index in [2.05, 4.69) is 5.32 Å². The third-order valence-corrected chi connectivity index (χ3v) is 3.87. The van der Waals surface area contributed by atoms with Gasteiger partial charge in [0.25, 0.3) is 0 Å². The Balaban J connectivity index is 2.56. The Morgan fingerprint density at radius 1 is 1.67 bits per heavy atom. The van der Waals surface area contributed by atoms with Crippen molar-refractivity contribution in [3.8, 4) is 0 Å². The standard InChI is InChI=1S/C11H20N2O4S/c1-11(10(15)16)6-17-5-8(11)13-9(14)7(12)3-4-18-2/h7-8H,3-6,12H2,1-2H3,(H,13,14)(H,15,16)/t7-,8?,11?/m0/s1. The lowest BCUT2D eigenvalue weighted by atomic mass is 9.85. The van der Waals surface area contributed by atoms with Gasteiger partial charge in [-0.25, -0.2) is 0 Å². The minimum absolute atomic E-state index is 0.104. The van der Waals surface area contributed by atoms with Gasteiger partial charge in [0.15, 0.2) is 0 Å². The number of nitrogens with two attached hydrogens (primary N) is 1. The third kappa shape index (κ3) is 3.37. The predicted octanol–water partition coefficient (Wildman–Crippen LogP) is -0.327. The van der Waals surface area contributed by atoms with E-state index in [0.29, 0.717) is 6.42 Å². The third-order valence-electron chi connectivity index (χ3n) is 3.23. The first kappa shape index (κ1) is 15.3. The summed E-state index contributed by atoms with van der Waals surface area (Å²) in [6.45, 7) is 1.89. The molecule has 1 aliphatic rings. The fraction of sp³-hybridized carbons (Fsp3) is 0.818. The van der Waals surface area contributed by atoms with Gasteiger partial charge in [0, 0.05) is 0 Å². The van der Waals surface area contributed by atoms with E-state index in [4.69, 9.17) is 15.6 Å². The molecule has 0 bridgehead atoms. The highest BCUT2D eigenvalue weighted by atomic mass is 32.2. The molecular weight excluding hydrogens is 256 g/mol.